The van der Waals surface area contributed by atoms with Gasteiger partial charge in [-0.1, -0.05) is 11.6 Å². The van der Waals surface area contributed by atoms with Crippen LogP contribution in [-0.4, -0.2) is 29.0 Å². The maximum atomic E-state index is 12.5. The predicted molar refractivity (Wildman–Crippen MR) is 98.0 cm³/mol. The third-order valence-electron chi connectivity index (χ3n) is 5.62. The van der Waals surface area contributed by atoms with Gasteiger partial charge in [-0.25, -0.2) is 0 Å². The van der Waals surface area contributed by atoms with Crippen LogP contribution in [0.15, 0.2) is 18.2 Å². The van der Waals surface area contributed by atoms with Gasteiger partial charge in [-0.05, 0) is 68.7 Å². The van der Waals surface area contributed by atoms with Crippen LogP contribution in [-0.2, 0) is 14.4 Å². The number of nitrogens with one attached hydrogen (secondary N) is 2. The summed E-state index contributed by atoms with van der Waals surface area (Å²) in [6, 6.07) is 5.06. The first-order chi connectivity index (χ1) is 12.8. The number of carboxylic acid groups (broad SMARTS) is 1. The number of ether oxygens (including phenoxy) is 1. The standard InChI is InChI=1S/C19H23ClN2O5/c1-9-7-13(20)5-6-14(9)27-10(2)17(23)21-22-18(24)15-11-3-4-12(8-11)16(15)19(25)26/h5-7,10-12,15-16H,3-4,8H2,1-2H3,(H,21,23)(H,22,24)(H,25,26)/t10-,11-,12+,15-,16+/m1/s1. The average molecular weight is 395 g/mol. The maximum absolute atomic E-state index is 12.5. The van der Waals surface area contributed by atoms with Crippen molar-refractivity contribution >= 4 is 29.4 Å². The molecule has 5 atom stereocenters. The molecule has 7 nitrogen and oxygen atoms in total. The summed E-state index contributed by atoms with van der Waals surface area (Å²) in [5.74, 6) is -2.55. The Bertz CT molecular complexity index is 768. The highest BCUT2D eigenvalue weighted by Crippen LogP contribution is 2.52. The first-order valence-corrected chi connectivity index (χ1v) is 9.41. The highest BCUT2D eigenvalue weighted by molar-refractivity contribution is 6.30. The second-order valence-corrected chi connectivity index (χ2v) is 7.81. The Morgan fingerprint density at radius 2 is 1.85 bits per heavy atom. The molecule has 0 saturated heterocycles. The van der Waals surface area contributed by atoms with E-state index in [2.05, 4.69) is 10.9 Å². The van der Waals surface area contributed by atoms with E-state index in [0.29, 0.717) is 10.8 Å². The van der Waals surface area contributed by atoms with Crippen LogP contribution in [0.4, 0.5) is 0 Å². The highest BCUT2D eigenvalue weighted by atomic mass is 35.5. The second-order valence-electron chi connectivity index (χ2n) is 7.37. The van der Waals surface area contributed by atoms with Crippen molar-refractivity contribution in [3.8, 4) is 5.75 Å². The van der Waals surface area contributed by atoms with Crippen molar-refractivity contribution < 1.29 is 24.2 Å². The molecule has 27 heavy (non-hydrogen) atoms. The van der Waals surface area contributed by atoms with Crippen molar-refractivity contribution in [3.63, 3.8) is 0 Å². The quantitative estimate of drug-likeness (QED) is 0.665. The summed E-state index contributed by atoms with van der Waals surface area (Å²) in [7, 11) is 0. The average Bonchev–Trinajstić information content (AvgIpc) is 3.22. The summed E-state index contributed by atoms with van der Waals surface area (Å²) >= 11 is 5.90. The zero-order valence-electron chi connectivity index (χ0n) is 15.2. The predicted octanol–water partition coefficient (Wildman–Crippen LogP) is 2.31. The lowest BCUT2D eigenvalue weighted by Gasteiger charge is -2.27. The molecule has 1 aromatic rings. The van der Waals surface area contributed by atoms with Crippen molar-refractivity contribution in [2.75, 3.05) is 0 Å². The summed E-state index contributed by atoms with van der Waals surface area (Å²) in [5, 5.41) is 10.0. The molecule has 1 aromatic carbocycles. The highest BCUT2D eigenvalue weighted by Gasteiger charge is 2.54. The van der Waals surface area contributed by atoms with Crippen molar-refractivity contribution in [1.29, 1.82) is 0 Å². The van der Waals surface area contributed by atoms with Gasteiger partial charge in [0, 0.05) is 5.02 Å². The van der Waals surface area contributed by atoms with Crippen LogP contribution in [0, 0.1) is 30.6 Å². The minimum absolute atomic E-state index is 0.0501. The van der Waals surface area contributed by atoms with Gasteiger partial charge >= 0.3 is 5.97 Å². The first-order valence-electron chi connectivity index (χ1n) is 9.03. The lowest BCUT2D eigenvalue weighted by molar-refractivity contribution is -0.150. The molecule has 0 unspecified atom stereocenters. The SMILES string of the molecule is Cc1cc(Cl)ccc1O[C@H](C)C(=O)NNC(=O)[C@@H]1[C@@H]2CC[C@@H](C2)[C@@H]1C(=O)O. The lowest BCUT2D eigenvalue weighted by atomic mass is 9.79. The summed E-state index contributed by atoms with van der Waals surface area (Å²) < 4.78 is 5.61. The van der Waals surface area contributed by atoms with Gasteiger partial charge in [0.1, 0.15) is 5.75 Å². The number of amides is 2. The van der Waals surface area contributed by atoms with E-state index in [1.807, 2.05) is 6.92 Å². The molecule has 8 heteroatoms. The molecule has 146 valence electrons. The molecule has 2 aliphatic carbocycles. The molecule has 0 spiro atoms. The molecule has 0 radical (unpaired) electrons. The van der Waals surface area contributed by atoms with Crippen LogP contribution in [0.3, 0.4) is 0 Å². The molecule has 0 heterocycles. The fourth-order valence-electron chi connectivity index (χ4n) is 4.32. The number of hydrazine groups is 1. The number of rotatable bonds is 5. The molecule has 0 aromatic heterocycles. The summed E-state index contributed by atoms with van der Waals surface area (Å²) in [6.07, 6.45) is 1.62. The van der Waals surface area contributed by atoms with Crippen LogP contribution in [0.1, 0.15) is 31.7 Å². The molecule has 3 rings (SSSR count). The number of fused-ring (bicyclic) bond motifs is 2. The van der Waals surface area contributed by atoms with E-state index in [1.165, 1.54) is 0 Å². The Kier molecular flexibility index (Phi) is 5.60. The van der Waals surface area contributed by atoms with Gasteiger partial charge in [-0.2, -0.15) is 0 Å². The fourth-order valence-corrected chi connectivity index (χ4v) is 4.55. The van der Waals surface area contributed by atoms with E-state index in [1.54, 1.807) is 25.1 Å². The Hall–Kier alpha value is -2.28. The molecule has 2 saturated carbocycles. The van der Waals surface area contributed by atoms with Gasteiger partial charge in [-0.15, -0.1) is 0 Å². The molecule has 0 aliphatic heterocycles. The maximum Gasteiger partial charge on any atom is 0.307 e. The number of carbonyl (C=O) groups excluding carboxylic acids is 2. The van der Waals surface area contributed by atoms with Gasteiger partial charge in [0.2, 0.25) is 5.91 Å². The minimum atomic E-state index is -0.941. The number of aryl methyl sites for hydroxylation is 1. The van der Waals surface area contributed by atoms with Crippen LogP contribution in [0.25, 0.3) is 0 Å². The molecule has 3 N–H and O–H groups in total. The minimum Gasteiger partial charge on any atom is -0.481 e. The first kappa shape index (κ1) is 19.5. The Labute approximate surface area is 162 Å². The van der Waals surface area contributed by atoms with E-state index in [-0.39, 0.29) is 11.8 Å². The normalized spacial score (nSPS) is 27.1. The van der Waals surface area contributed by atoms with E-state index >= 15 is 0 Å². The molecule has 2 aliphatic rings. The van der Waals surface area contributed by atoms with Crippen molar-refractivity contribution in [2.45, 2.75) is 39.2 Å². The Morgan fingerprint density at radius 1 is 1.19 bits per heavy atom. The van der Waals surface area contributed by atoms with Gasteiger partial charge in [0.15, 0.2) is 6.10 Å². The Morgan fingerprint density at radius 3 is 2.48 bits per heavy atom. The lowest BCUT2D eigenvalue weighted by Crippen LogP contribution is -2.51. The monoisotopic (exact) mass is 394 g/mol. The molecule has 2 fully saturated rings. The number of halogens is 1. The van der Waals surface area contributed by atoms with Gasteiger partial charge in [0.25, 0.3) is 5.91 Å². The van der Waals surface area contributed by atoms with Crippen LogP contribution in [0.2, 0.25) is 5.02 Å². The van der Waals surface area contributed by atoms with E-state index in [0.717, 1.165) is 24.8 Å². The summed E-state index contributed by atoms with van der Waals surface area (Å²) in [4.78, 5) is 36.2. The largest absolute Gasteiger partial charge is 0.481 e. The number of aliphatic carboxylic acids is 1. The Balaban J connectivity index is 1.55. The van der Waals surface area contributed by atoms with Crippen molar-refractivity contribution in [1.82, 2.24) is 10.9 Å². The van der Waals surface area contributed by atoms with Crippen LogP contribution in [0.5, 0.6) is 5.75 Å². The summed E-state index contributed by atoms with van der Waals surface area (Å²) in [5.41, 5.74) is 5.52. The molecule has 2 amide bonds. The molecular weight excluding hydrogens is 372 g/mol. The third-order valence-corrected chi connectivity index (χ3v) is 5.86. The zero-order chi connectivity index (χ0) is 19.7. The van der Waals surface area contributed by atoms with Crippen molar-refractivity contribution in [2.24, 2.45) is 23.7 Å². The van der Waals surface area contributed by atoms with Crippen molar-refractivity contribution in [3.05, 3.63) is 28.8 Å². The topological polar surface area (TPSA) is 105 Å². The molecular formula is C19H23ClN2O5. The third kappa shape index (κ3) is 4.03. The van der Waals surface area contributed by atoms with Gasteiger partial charge in [-0.3, -0.25) is 25.2 Å². The van der Waals surface area contributed by atoms with E-state index in [9.17, 15) is 19.5 Å². The van der Waals surface area contributed by atoms with E-state index in [4.69, 9.17) is 16.3 Å². The zero-order valence-corrected chi connectivity index (χ0v) is 16.0. The number of carboxylic acids is 1. The van der Waals surface area contributed by atoms with Gasteiger partial charge in [0.05, 0.1) is 11.8 Å². The number of hydrogen-bond donors (Lipinski definition) is 3. The second kappa shape index (κ2) is 7.76. The number of benzene rings is 1. The summed E-state index contributed by atoms with van der Waals surface area (Å²) in [6.45, 7) is 3.38. The number of hydrogen-bond acceptors (Lipinski definition) is 4. The fraction of sp³-hybridized carbons (Fsp3) is 0.526. The van der Waals surface area contributed by atoms with Crippen LogP contribution >= 0.6 is 11.6 Å². The van der Waals surface area contributed by atoms with Gasteiger partial charge < -0.3 is 9.84 Å². The smallest absolute Gasteiger partial charge is 0.307 e. The van der Waals surface area contributed by atoms with Crippen LogP contribution < -0.4 is 15.6 Å². The molecule has 2 bridgehead atoms. The number of carbonyl (C=O) groups is 3. The van der Waals surface area contributed by atoms with E-state index < -0.39 is 35.7 Å².